The van der Waals surface area contributed by atoms with E-state index in [0.717, 1.165) is 29.3 Å². The molecule has 0 aliphatic rings. The van der Waals surface area contributed by atoms with Crippen LogP contribution in [0.15, 0.2) is 35.7 Å². The van der Waals surface area contributed by atoms with E-state index in [9.17, 15) is 0 Å². The van der Waals surface area contributed by atoms with Crippen molar-refractivity contribution in [1.29, 1.82) is 0 Å². The highest BCUT2D eigenvalue weighted by atomic mass is 35.5. The summed E-state index contributed by atoms with van der Waals surface area (Å²) in [6.07, 6.45) is 0.940. The minimum atomic E-state index is 0.232. The fourth-order valence-corrected chi connectivity index (χ4v) is 2.99. The van der Waals surface area contributed by atoms with Crippen LogP contribution in [0.2, 0.25) is 5.02 Å². The molecule has 1 aromatic carbocycles. The first-order valence-electron chi connectivity index (χ1n) is 6.88. The van der Waals surface area contributed by atoms with Crippen LogP contribution in [0.5, 0.6) is 5.75 Å². The van der Waals surface area contributed by atoms with Crippen molar-refractivity contribution < 1.29 is 4.74 Å². The zero-order valence-corrected chi connectivity index (χ0v) is 13.4. The van der Waals surface area contributed by atoms with E-state index in [1.165, 1.54) is 4.88 Å². The van der Waals surface area contributed by atoms with Gasteiger partial charge in [-0.15, -0.1) is 11.3 Å². The topological polar surface area (TPSA) is 21.3 Å². The van der Waals surface area contributed by atoms with Crippen molar-refractivity contribution in [3.63, 3.8) is 0 Å². The number of benzene rings is 1. The molecule has 0 amide bonds. The lowest BCUT2D eigenvalue weighted by molar-refractivity contribution is 0.316. The van der Waals surface area contributed by atoms with Crippen LogP contribution in [0.1, 0.15) is 30.3 Å². The lowest BCUT2D eigenvalue weighted by atomic mass is 10.1. The highest BCUT2D eigenvalue weighted by molar-refractivity contribution is 7.09. The molecule has 1 atom stereocenters. The second-order valence-corrected chi connectivity index (χ2v) is 6.11. The molecule has 0 saturated heterocycles. The SMILES string of the molecule is CCNC(C)c1cc(Cl)ccc1OCCc1cccs1. The van der Waals surface area contributed by atoms with Gasteiger partial charge < -0.3 is 10.1 Å². The molecule has 4 heteroatoms. The quantitative estimate of drug-likeness (QED) is 0.801. The van der Waals surface area contributed by atoms with Gasteiger partial charge in [0.15, 0.2) is 0 Å². The maximum absolute atomic E-state index is 6.09. The average molecular weight is 310 g/mol. The molecule has 2 rings (SSSR count). The van der Waals surface area contributed by atoms with Gasteiger partial charge >= 0.3 is 0 Å². The number of thiophene rings is 1. The summed E-state index contributed by atoms with van der Waals surface area (Å²) in [7, 11) is 0. The molecule has 2 nitrogen and oxygen atoms in total. The molecule has 0 aliphatic carbocycles. The zero-order chi connectivity index (χ0) is 14.4. The standard InChI is InChI=1S/C16H20ClNOS/c1-3-18-12(2)15-11-13(17)6-7-16(15)19-9-8-14-5-4-10-20-14/h4-7,10-12,18H,3,8-9H2,1-2H3. The molecule has 1 unspecified atom stereocenters. The normalized spacial score (nSPS) is 12.3. The van der Waals surface area contributed by atoms with Gasteiger partial charge in [0.05, 0.1) is 6.61 Å². The summed E-state index contributed by atoms with van der Waals surface area (Å²) < 4.78 is 5.94. The predicted molar refractivity (Wildman–Crippen MR) is 87.1 cm³/mol. The number of rotatable bonds is 7. The maximum atomic E-state index is 6.09. The molecule has 0 saturated carbocycles. The van der Waals surface area contributed by atoms with Gasteiger partial charge in [-0.05, 0) is 43.1 Å². The fourth-order valence-electron chi connectivity index (χ4n) is 2.12. The minimum absolute atomic E-state index is 0.232. The van der Waals surface area contributed by atoms with Gasteiger partial charge in [-0.1, -0.05) is 24.6 Å². The summed E-state index contributed by atoms with van der Waals surface area (Å²) in [6.45, 7) is 5.83. The molecule has 1 aromatic heterocycles. The number of nitrogens with one attached hydrogen (secondary N) is 1. The van der Waals surface area contributed by atoms with Crippen molar-refractivity contribution in [2.75, 3.05) is 13.2 Å². The Morgan fingerprint density at radius 1 is 1.35 bits per heavy atom. The van der Waals surface area contributed by atoms with E-state index in [0.29, 0.717) is 6.61 Å². The van der Waals surface area contributed by atoms with Crippen LogP contribution in [0.25, 0.3) is 0 Å². The number of halogens is 1. The van der Waals surface area contributed by atoms with Gasteiger partial charge in [-0.25, -0.2) is 0 Å². The summed E-state index contributed by atoms with van der Waals surface area (Å²) in [5.41, 5.74) is 1.12. The largest absolute Gasteiger partial charge is 0.493 e. The Labute approximate surface area is 129 Å². The Hall–Kier alpha value is -1.03. The van der Waals surface area contributed by atoms with E-state index in [-0.39, 0.29) is 6.04 Å². The molecule has 20 heavy (non-hydrogen) atoms. The van der Waals surface area contributed by atoms with E-state index in [1.807, 2.05) is 18.2 Å². The Balaban J connectivity index is 2.02. The highest BCUT2D eigenvalue weighted by Crippen LogP contribution is 2.28. The molecule has 2 aromatic rings. The molecule has 1 N–H and O–H groups in total. The molecule has 0 bridgehead atoms. The van der Waals surface area contributed by atoms with Crippen molar-refractivity contribution >= 4 is 22.9 Å². The smallest absolute Gasteiger partial charge is 0.124 e. The molecular weight excluding hydrogens is 290 g/mol. The molecule has 0 radical (unpaired) electrons. The first-order chi connectivity index (χ1) is 9.70. The molecular formula is C16H20ClNOS. The summed E-state index contributed by atoms with van der Waals surface area (Å²) in [5, 5.41) is 6.24. The van der Waals surface area contributed by atoms with E-state index in [2.05, 4.69) is 36.7 Å². The van der Waals surface area contributed by atoms with Crippen LogP contribution in [-0.4, -0.2) is 13.2 Å². The maximum Gasteiger partial charge on any atom is 0.124 e. The van der Waals surface area contributed by atoms with Crippen molar-refractivity contribution in [3.8, 4) is 5.75 Å². The third-order valence-electron chi connectivity index (χ3n) is 3.13. The first kappa shape index (κ1) is 15.4. The van der Waals surface area contributed by atoms with Crippen LogP contribution >= 0.6 is 22.9 Å². The third kappa shape index (κ3) is 4.23. The fraction of sp³-hybridized carbons (Fsp3) is 0.375. The second-order valence-electron chi connectivity index (χ2n) is 4.64. The highest BCUT2D eigenvalue weighted by Gasteiger charge is 2.11. The van der Waals surface area contributed by atoms with E-state index >= 15 is 0 Å². The van der Waals surface area contributed by atoms with Crippen LogP contribution in [-0.2, 0) is 6.42 Å². The molecule has 108 valence electrons. The van der Waals surface area contributed by atoms with Crippen molar-refractivity contribution in [1.82, 2.24) is 5.32 Å². The molecule has 0 fully saturated rings. The second kappa shape index (κ2) is 7.67. The lowest BCUT2D eigenvalue weighted by Crippen LogP contribution is -2.18. The Kier molecular flexibility index (Phi) is 5.89. The zero-order valence-electron chi connectivity index (χ0n) is 11.9. The number of hydrogen-bond acceptors (Lipinski definition) is 3. The summed E-state index contributed by atoms with van der Waals surface area (Å²) in [4.78, 5) is 1.35. The Morgan fingerprint density at radius 2 is 2.20 bits per heavy atom. The third-order valence-corrected chi connectivity index (χ3v) is 4.31. The minimum Gasteiger partial charge on any atom is -0.493 e. The van der Waals surface area contributed by atoms with Crippen LogP contribution in [0.4, 0.5) is 0 Å². The summed E-state index contributed by atoms with van der Waals surface area (Å²) in [6, 6.07) is 10.3. The average Bonchev–Trinajstić information content (AvgIpc) is 2.94. The van der Waals surface area contributed by atoms with Gasteiger partial charge in [0.25, 0.3) is 0 Å². The van der Waals surface area contributed by atoms with E-state index in [1.54, 1.807) is 11.3 Å². The Morgan fingerprint density at radius 3 is 2.90 bits per heavy atom. The molecule has 0 spiro atoms. The van der Waals surface area contributed by atoms with Crippen LogP contribution in [0, 0.1) is 0 Å². The first-order valence-corrected chi connectivity index (χ1v) is 8.14. The van der Waals surface area contributed by atoms with E-state index < -0.39 is 0 Å². The number of hydrogen-bond donors (Lipinski definition) is 1. The summed E-state index contributed by atoms with van der Waals surface area (Å²) in [5.74, 6) is 0.916. The van der Waals surface area contributed by atoms with Crippen LogP contribution < -0.4 is 10.1 Å². The molecule has 0 aliphatic heterocycles. The van der Waals surface area contributed by atoms with Gasteiger partial charge in [-0.3, -0.25) is 0 Å². The van der Waals surface area contributed by atoms with Crippen molar-refractivity contribution in [2.24, 2.45) is 0 Å². The van der Waals surface area contributed by atoms with Crippen molar-refractivity contribution in [2.45, 2.75) is 26.3 Å². The van der Waals surface area contributed by atoms with Gasteiger partial charge in [0, 0.05) is 27.9 Å². The monoisotopic (exact) mass is 309 g/mol. The van der Waals surface area contributed by atoms with Crippen molar-refractivity contribution in [3.05, 3.63) is 51.2 Å². The summed E-state index contributed by atoms with van der Waals surface area (Å²) >= 11 is 7.86. The predicted octanol–water partition coefficient (Wildman–Crippen LogP) is 4.69. The number of ether oxygens (including phenoxy) is 1. The van der Waals surface area contributed by atoms with Gasteiger partial charge in [-0.2, -0.15) is 0 Å². The molecule has 1 heterocycles. The Bertz CT molecular complexity index is 527. The lowest BCUT2D eigenvalue weighted by Gasteiger charge is -2.18. The van der Waals surface area contributed by atoms with Gasteiger partial charge in [0.2, 0.25) is 0 Å². The van der Waals surface area contributed by atoms with E-state index in [4.69, 9.17) is 16.3 Å². The van der Waals surface area contributed by atoms with Crippen LogP contribution in [0.3, 0.4) is 0 Å². The van der Waals surface area contributed by atoms with Gasteiger partial charge in [0.1, 0.15) is 5.75 Å².